The molecular weight excluding hydrogens is 354 g/mol. The molecule has 0 unspecified atom stereocenters. The Kier molecular flexibility index (Phi) is 7.54. The van der Waals surface area contributed by atoms with E-state index in [-0.39, 0.29) is 30.4 Å². The quantitative estimate of drug-likeness (QED) is 0.357. The molecule has 0 radical (unpaired) electrons. The molecule has 0 saturated heterocycles. The number of nitro benzene ring substituents is 1. The zero-order chi connectivity index (χ0) is 19.8. The molecule has 0 aliphatic heterocycles. The zero-order valence-corrected chi connectivity index (χ0v) is 15.3. The van der Waals surface area contributed by atoms with Gasteiger partial charge in [0.15, 0.2) is 6.61 Å². The summed E-state index contributed by atoms with van der Waals surface area (Å²) in [6.07, 6.45) is 4.17. The molecule has 1 saturated carbocycles. The summed E-state index contributed by atoms with van der Waals surface area (Å²) in [6.45, 7) is 1.62. The van der Waals surface area contributed by atoms with E-state index in [9.17, 15) is 19.7 Å². The highest BCUT2D eigenvalue weighted by molar-refractivity contribution is 5.97. The minimum absolute atomic E-state index is 0.0588. The van der Waals surface area contributed by atoms with E-state index in [0.717, 1.165) is 31.7 Å². The minimum atomic E-state index is -0.842. The Morgan fingerprint density at radius 3 is 2.74 bits per heavy atom. The molecule has 27 heavy (non-hydrogen) atoms. The molecule has 1 fully saturated rings. The van der Waals surface area contributed by atoms with Gasteiger partial charge in [-0.2, -0.15) is 0 Å². The lowest BCUT2D eigenvalue weighted by molar-refractivity contribution is -0.384. The van der Waals surface area contributed by atoms with Crippen molar-refractivity contribution in [1.82, 2.24) is 5.32 Å². The van der Waals surface area contributed by atoms with Crippen LogP contribution in [0.4, 0.5) is 11.4 Å². The summed E-state index contributed by atoms with van der Waals surface area (Å²) >= 11 is 0. The first-order chi connectivity index (χ1) is 12.9. The fourth-order valence-electron chi connectivity index (χ4n) is 3.15. The van der Waals surface area contributed by atoms with Crippen molar-refractivity contribution < 1.29 is 24.4 Å². The molecule has 0 bridgehead atoms. The molecule has 1 aliphatic carbocycles. The second kappa shape index (κ2) is 9.86. The topological polar surface area (TPSA) is 131 Å². The zero-order valence-electron chi connectivity index (χ0n) is 15.3. The third-order valence-electron chi connectivity index (χ3n) is 4.65. The van der Waals surface area contributed by atoms with E-state index in [0.29, 0.717) is 11.6 Å². The molecule has 2 atom stereocenters. The average molecular weight is 379 g/mol. The van der Waals surface area contributed by atoms with Crippen LogP contribution in [0.15, 0.2) is 18.2 Å². The van der Waals surface area contributed by atoms with Crippen molar-refractivity contribution in [2.45, 2.75) is 38.6 Å². The Morgan fingerprint density at radius 2 is 2.07 bits per heavy atom. The second-order valence-electron chi connectivity index (χ2n) is 6.65. The highest BCUT2D eigenvalue weighted by atomic mass is 16.6. The lowest BCUT2D eigenvalue weighted by atomic mass is 9.86. The Labute approximate surface area is 157 Å². The van der Waals surface area contributed by atoms with Gasteiger partial charge >= 0.3 is 5.97 Å². The summed E-state index contributed by atoms with van der Waals surface area (Å²) < 4.78 is 5.05. The molecule has 2 rings (SSSR count). The lowest BCUT2D eigenvalue weighted by Gasteiger charge is -2.29. The SMILES string of the molecule is C[C@@H]1CCCC[C@H]1NC(=O)COC(=O)c1cc([N+](=O)[O-])ccc1NCCO. The highest BCUT2D eigenvalue weighted by Gasteiger charge is 2.24. The number of aliphatic hydroxyl groups is 1. The van der Waals surface area contributed by atoms with E-state index in [1.54, 1.807) is 0 Å². The van der Waals surface area contributed by atoms with Crippen LogP contribution < -0.4 is 10.6 Å². The normalized spacial score (nSPS) is 19.2. The maximum atomic E-state index is 12.3. The van der Waals surface area contributed by atoms with E-state index in [2.05, 4.69) is 17.6 Å². The summed E-state index contributed by atoms with van der Waals surface area (Å²) in [6, 6.07) is 3.77. The van der Waals surface area contributed by atoms with Crippen molar-refractivity contribution in [2.24, 2.45) is 5.92 Å². The highest BCUT2D eigenvalue weighted by Crippen LogP contribution is 2.24. The number of carbonyl (C=O) groups excluding carboxylic acids is 2. The number of anilines is 1. The fraction of sp³-hybridized carbons (Fsp3) is 0.556. The first-order valence-electron chi connectivity index (χ1n) is 9.02. The molecule has 9 nitrogen and oxygen atoms in total. The van der Waals surface area contributed by atoms with Gasteiger partial charge in [-0.05, 0) is 24.8 Å². The smallest absolute Gasteiger partial charge is 0.341 e. The van der Waals surface area contributed by atoms with Gasteiger partial charge in [0.25, 0.3) is 11.6 Å². The Hall–Kier alpha value is -2.68. The molecule has 0 heterocycles. The van der Waals surface area contributed by atoms with Crippen LogP contribution >= 0.6 is 0 Å². The van der Waals surface area contributed by atoms with Crippen molar-refractivity contribution in [3.05, 3.63) is 33.9 Å². The molecule has 0 aromatic heterocycles. The molecule has 1 amide bonds. The van der Waals surface area contributed by atoms with Crippen LogP contribution in [0.2, 0.25) is 0 Å². The van der Waals surface area contributed by atoms with E-state index in [1.165, 1.54) is 12.1 Å². The number of benzene rings is 1. The predicted molar refractivity (Wildman–Crippen MR) is 98.5 cm³/mol. The second-order valence-corrected chi connectivity index (χ2v) is 6.65. The molecule has 9 heteroatoms. The number of aliphatic hydroxyl groups excluding tert-OH is 1. The third-order valence-corrected chi connectivity index (χ3v) is 4.65. The van der Waals surface area contributed by atoms with Gasteiger partial charge in [0.1, 0.15) is 0 Å². The first-order valence-corrected chi connectivity index (χ1v) is 9.02. The summed E-state index contributed by atoms with van der Waals surface area (Å²) in [5, 5.41) is 25.5. The van der Waals surface area contributed by atoms with Crippen LogP contribution in [0.5, 0.6) is 0 Å². The summed E-state index contributed by atoms with van der Waals surface area (Å²) in [5.41, 5.74) is -0.0329. The van der Waals surface area contributed by atoms with E-state index in [4.69, 9.17) is 9.84 Å². The van der Waals surface area contributed by atoms with Crippen molar-refractivity contribution in [2.75, 3.05) is 25.1 Å². The van der Waals surface area contributed by atoms with Crippen molar-refractivity contribution >= 4 is 23.3 Å². The standard InChI is InChI=1S/C18H25N3O6/c1-12-4-2-3-5-15(12)20-17(23)11-27-18(24)14-10-13(21(25)26)6-7-16(14)19-8-9-22/h6-7,10,12,15,19,22H,2-5,8-9,11H2,1H3,(H,20,23)/t12-,15-/m1/s1. The van der Waals surface area contributed by atoms with Crippen LogP contribution in [0.25, 0.3) is 0 Å². The van der Waals surface area contributed by atoms with Gasteiger partial charge in [-0.15, -0.1) is 0 Å². The number of ether oxygens (including phenoxy) is 1. The number of nitrogens with one attached hydrogen (secondary N) is 2. The largest absolute Gasteiger partial charge is 0.452 e. The maximum Gasteiger partial charge on any atom is 0.341 e. The van der Waals surface area contributed by atoms with E-state index < -0.39 is 23.4 Å². The molecule has 1 aliphatic rings. The molecule has 3 N–H and O–H groups in total. The number of carbonyl (C=O) groups is 2. The Bertz CT molecular complexity index is 694. The number of non-ortho nitro benzene ring substituents is 1. The minimum Gasteiger partial charge on any atom is -0.452 e. The van der Waals surface area contributed by atoms with E-state index >= 15 is 0 Å². The van der Waals surface area contributed by atoms with Crippen LogP contribution in [0, 0.1) is 16.0 Å². The number of hydrogen-bond donors (Lipinski definition) is 3. The van der Waals surface area contributed by atoms with Gasteiger partial charge in [-0.3, -0.25) is 14.9 Å². The third kappa shape index (κ3) is 5.92. The monoisotopic (exact) mass is 379 g/mol. The molecule has 148 valence electrons. The molecule has 1 aromatic rings. The van der Waals surface area contributed by atoms with Gasteiger partial charge in [-0.25, -0.2) is 4.79 Å². The number of nitro groups is 1. The van der Waals surface area contributed by atoms with Gasteiger partial charge in [0.05, 0.1) is 17.1 Å². The van der Waals surface area contributed by atoms with Crippen LogP contribution in [0.3, 0.4) is 0 Å². The summed E-state index contributed by atoms with van der Waals surface area (Å²) in [4.78, 5) is 34.7. The van der Waals surface area contributed by atoms with Crippen molar-refractivity contribution in [3.8, 4) is 0 Å². The molecule has 1 aromatic carbocycles. The number of amides is 1. The Morgan fingerprint density at radius 1 is 1.33 bits per heavy atom. The van der Waals surface area contributed by atoms with Crippen LogP contribution in [0.1, 0.15) is 43.0 Å². The Balaban J connectivity index is 1.99. The lowest BCUT2D eigenvalue weighted by Crippen LogP contribution is -2.42. The van der Waals surface area contributed by atoms with Gasteiger partial charge in [0, 0.05) is 30.4 Å². The summed E-state index contributed by atoms with van der Waals surface area (Å²) in [7, 11) is 0. The van der Waals surface area contributed by atoms with Crippen LogP contribution in [-0.2, 0) is 9.53 Å². The number of rotatable bonds is 8. The number of nitrogens with zero attached hydrogens (tertiary/aromatic N) is 1. The predicted octanol–water partition coefficient (Wildman–Crippen LogP) is 1.85. The van der Waals surface area contributed by atoms with Gasteiger partial charge < -0.3 is 20.5 Å². The maximum absolute atomic E-state index is 12.3. The number of hydrogen-bond acceptors (Lipinski definition) is 7. The number of esters is 1. The van der Waals surface area contributed by atoms with E-state index in [1.807, 2.05) is 0 Å². The molecular formula is C18H25N3O6. The first kappa shape index (κ1) is 20.6. The van der Waals surface area contributed by atoms with Gasteiger partial charge in [-0.1, -0.05) is 19.8 Å². The van der Waals surface area contributed by atoms with Crippen LogP contribution in [-0.4, -0.2) is 47.7 Å². The van der Waals surface area contributed by atoms with Gasteiger partial charge in [0.2, 0.25) is 0 Å². The van der Waals surface area contributed by atoms with Crippen molar-refractivity contribution in [1.29, 1.82) is 0 Å². The molecule has 0 spiro atoms. The summed E-state index contributed by atoms with van der Waals surface area (Å²) in [5.74, 6) is -0.854. The van der Waals surface area contributed by atoms with Crippen molar-refractivity contribution in [3.63, 3.8) is 0 Å². The fourth-order valence-corrected chi connectivity index (χ4v) is 3.15. The average Bonchev–Trinajstić information content (AvgIpc) is 2.66.